The number of thiophene rings is 1. The van der Waals surface area contributed by atoms with E-state index in [1.54, 1.807) is 23.5 Å². The van der Waals surface area contributed by atoms with Crippen molar-refractivity contribution < 1.29 is 17.9 Å². The first-order valence-corrected chi connectivity index (χ1v) is 7.37. The van der Waals surface area contributed by atoms with E-state index < -0.39 is 6.36 Å². The number of nitrogens with one attached hydrogen (secondary N) is 1. The lowest BCUT2D eigenvalue weighted by Crippen LogP contribution is -2.17. The summed E-state index contributed by atoms with van der Waals surface area (Å²) in [5, 5.41) is 5.19. The molecule has 0 saturated carbocycles. The third-order valence-electron chi connectivity index (χ3n) is 2.49. The van der Waals surface area contributed by atoms with E-state index >= 15 is 0 Å². The smallest absolute Gasteiger partial charge is 0.406 e. The molecule has 2 aromatic rings. The molecule has 2 rings (SSSR count). The molecule has 0 fully saturated rings. The van der Waals surface area contributed by atoms with Crippen LogP contribution in [0.2, 0.25) is 0 Å². The van der Waals surface area contributed by atoms with Gasteiger partial charge in [-0.1, -0.05) is 0 Å². The van der Waals surface area contributed by atoms with Gasteiger partial charge in [-0.05, 0) is 53.2 Å². The van der Waals surface area contributed by atoms with E-state index in [0.717, 1.165) is 15.0 Å². The lowest BCUT2D eigenvalue weighted by atomic mass is 10.2. The predicted molar refractivity (Wildman–Crippen MR) is 77.2 cm³/mol. The molecule has 2 nitrogen and oxygen atoms in total. The summed E-state index contributed by atoms with van der Waals surface area (Å²) in [5.41, 5.74) is 0.733. The maximum absolute atomic E-state index is 12.0. The Labute approximate surface area is 126 Å². The molecule has 0 bridgehead atoms. The average Bonchev–Trinajstić information content (AvgIpc) is 2.77. The van der Waals surface area contributed by atoms with Crippen molar-refractivity contribution in [1.29, 1.82) is 0 Å². The number of hydrogen-bond acceptors (Lipinski definition) is 3. The summed E-state index contributed by atoms with van der Waals surface area (Å²) in [5.74, 6) is -0.227. The minimum absolute atomic E-state index is 0.0701. The zero-order chi connectivity index (χ0) is 14.8. The summed E-state index contributed by atoms with van der Waals surface area (Å²) in [6.07, 6.45) is -4.66. The van der Waals surface area contributed by atoms with Crippen LogP contribution in [0.1, 0.15) is 17.8 Å². The Bertz CT molecular complexity index is 568. The molecule has 20 heavy (non-hydrogen) atoms. The molecule has 0 radical (unpaired) electrons. The Kier molecular flexibility index (Phi) is 4.59. The molecule has 0 spiro atoms. The van der Waals surface area contributed by atoms with Crippen LogP contribution < -0.4 is 10.1 Å². The number of benzene rings is 1. The number of ether oxygens (including phenoxy) is 1. The lowest BCUT2D eigenvalue weighted by molar-refractivity contribution is -0.274. The highest BCUT2D eigenvalue weighted by Crippen LogP contribution is 2.29. The van der Waals surface area contributed by atoms with Crippen LogP contribution in [0.4, 0.5) is 18.9 Å². The van der Waals surface area contributed by atoms with Crippen molar-refractivity contribution in [3.63, 3.8) is 0 Å². The molecule has 1 atom stereocenters. The molecule has 7 heteroatoms. The molecule has 0 saturated heterocycles. The molecule has 0 aliphatic rings. The van der Waals surface area contributed by atoms with Crippen molar-refractivity contribution in [3.05, 3.63) is 45.1 Å². The van der Waals surface area contributed by atoms with Gasteiger partial charge in [0.1, 0.15) is 5.75 Å². The van der Waals surface area contributed by atoms with Crippen molar-refractivity contribution in [1.82, 2.24) is 0 Å². The second kappa shape index (κ2) is 6.05. The van der Waals surface area contributed by atoms with Crippen LogP contribution >= 0.6 is 27.3 Å². The van der Waals surface area contributed by atoms with Gasteiger partial charge in [0, 0.05) is 20.4 Å². The van der Waals surface area contributed by atoms with Gasteiger partial charge in [-0.2, -0.15) is 0 Å². The number of halogens is 4. The van der Waals surface area contributed by atoms with Gasteiger partial charge in [-0.3, -0.25) is 0 Å². The minimum atomic E-state index is -4.66. The van der Waals surface area contributed by atoms with E-state index in [4.69, 9.17) is 0 Å². The molecular weight excluding hydrogens is 355 g/mol. The topological polar surface area (TPSA) is 21.3 Å². The molecule has 1 heterocycles. The Morgan fingerprint density at radius 3 is 2.40 bits per heavy atom. The van der Waals surface area contributed by atoms with Gasteiger partial charge in [-0.25, -0.2) is 0 Å². The predicted octanol–water partition coefficient (Wildman–Crippen LogP) is 5.58. The van der Waals surface area contributed by atoms with Gasteiger partial charge < -0.3 is 10.1 Å². The van der Waals surface area contributed by atoms with E-state index in [9.17, 15) is 13.2 Å². The third-order valence-corrected chi connectivity index (χ3v) is 4.36. The third kappa shape index (κ3) is 4.42. The molecule has 1 aromatic carbocycles. The normalized spacial score (nSPS) is 13.1. The fourth-order valence-corrected chi connectivity index (χ4v) is 3.08. The van der Waals surface area contributed by atoms with E-state index in [1.165, 1.54) is 12.1 Å². The summed E-state index contributed by atoms with van der Waals surface area (Å²) in [6.45, 7) is 1.98. The van der Waals surface area contributed by atoms with Crippen LogP contribution in [-0.4, -0.2) is 6.36 Å². The largest absolute Gasteiger partial charge is 0.573 e. The highest BCUT2D eigenvalue weighted by molar-refractivity contribution is 9.10. The first-order chi connectivity index (χ1) is 9.33. The van der Waals surface area contributed by atoms with Crippen LogP contribution in [0.5, 0.6) is 5.75 Å². The van der Waals surface area contributed by atoms with Crippen LogP contribution in [0.15, 0.2) is 40.2 Å². The van der Waals surface area contributed by atoms with Gasteiger partial charge in [0.2, 0.25) is 0 Å². The molecule has 1 unspecified atom stereocenters. The fourth-order valence-electron chi connectivity index (χ4n) is 1.63. The van der Waals surface area contributed by atoms with Gasteiger partial charge in [0.25, 0.3) is 0 Å². The van der Waals surface area contributed by atoms with E-state index in [0.29, 0.717) is 0 Å². The Hall–Kier alpha value is -1.21. The number of hydrogen-bond donors (Lipinski definition) is 1. The monoisotopic (exact) mass is 365 g/mol. The zero-order valence-electron chi connectivity index (χ0n) is 10.4. The van der Waals surface area contributed by atoms with E-state index in [1.807, 2.05) is 18.4 Å². The minimum Gasteiger partial charge on any atom is -0.406 e. The summed E-state index contributed by atoms with van der Waals surface area (Å²) < 4.78 is 40.9. The van der Waals surface area contributed by atoms with Crippen LogP contribution in [-0.2, 0) is 0 Å². The Morgan fingerprint density at radius 1 is 1.25 bits per heavy atom. The summed E-state index contributed by atoms with van der Waals surface area (Å²) in [7, 11) is 0. The fraction of sp³-hybridized carbons (Fsp3) is 0.231. The van der Waals surface area contributed by atoms with E-state index in [2.05, 4.69) is 26.0 Å². The van der Waals surface area contributed by atoms with Crippen molar-refractivity contribution >= 4 is 33.0 Å². The lowest BCUT2D eigenvalue weighted by Gasteiger charge is -2.14. The highest BCUT2D eigenvalue weighted by atomic mass is 79.9. The molecule has 0 aliphatic carbocycles. The zero-order valence-corrected chi connectivity index (χ0v) is 12.8. The highest BCUT2D eigenvalue weighted by Gasteiger charge is 2.30. The maximum Gasteiger partial charge on any atom is 0.573 e. The van der Waals surface area contributed by atoms with E-state index in [-0.39, 0.29) is 11.8 Å². The molecule has 1 aromatic heterocycles. The van der Waals surface area contributed by atoms with Crippen LogP contribution in [0.25, 0.3) is 0 Å². The first kappa shape index (κ1) is 15.2. The van der Waals surface area contributed by atoms with Gasteiger partial charge >= 0.3 is 6.36 Å². The quantitative estimate of drug-likeness (QED) is 0.763. The molecule has 1 N–H and O–H groups in total. The van der Waals surface area contributed by atoms with Gasteiger partial charge in [0.15, 0.2) is 0 Å². The second-order valence-corrected chi connectivity index (χ2v) is 5.96. The molecule has 0 amide bonds. The summed E-state index contributed by atoms with van der Waals surface area (Å²) in [4.78, 5) is 1.13. The summed E-state index contributed by atoms with van der Waals surface area (Å²) >= 11 is 4.99. The number of rotatable bonds is 4. The van der Waals surface area contributed by atoms with Crippen LogP contribution in [0.3, 0.4) is 0 Å². The van der Waals surface area contributed by atoms with Crippen molar-refractivity contribution in [2.45, 2.75) is 19.3 Å². The average molecular weight is 366 g/mol. The molecular formula is C13H11BrF3NOS. The van der Waals surface area contributed by atoms with Crippen molar-refractivity contribution in [2.75, 3.05) is 5.32 Å². The molecule has 108 valence electrons. The van der Waals surface area contributed by atoms with Crippen LogP contribution in [0, 0.1) is 0 Å². The Morgan fingerprint density at radius 2 is 1.90 bits per heavy atom. The second-order valence-electron chi connectivity index (χ2n) is 4.11. The van der Waals surface area contributed by atoms with Crippen molar-refractivity contribution in [2.24, 2.45) is 0 Å². The SMILES string of the molecule is CC(Nc1ccc(OC(F)(F)F)cc1)c1cc(Br)cs1. The standard InChI is InChI=1S/C13H11BrF3NOS/c1-8(12-6-9(14)7-20-12)18-10-2-4-11(5-3-10)19-13(15,16)17/h2-8,18H,1H3. The first-order valence-electron chi connectivity index (χ1n) is 5.70. The number of anilines is 1. The van der Waals surface area contributed by atoms with Gasteiger partial charge in [-0.15, -0.1) is 24.5 Å². The Balaban J connectivity index is 2.00. The maximum atomic E-state index is 12.0. The van der Waals surface area contributed by atoms with Crippen molar-refractivity contribution in [3.8, 4) is 5.75 Å². The molecule has 0 aliphatic heterocycles. The number of alkyl halides is 3. The summed E-state index contributed by atoms with van der Waals surface area (Å²) in [6, 6.07) is 7.75. The van der Waals surface area contributed by atoms with Gasteiger partial charge in [0.05, 0.1) is 6.04 Å².